The lowest BCUT2D eigenvalue weighted by Crippen LogP contribution is -2.33. The smallest absolute Gasteiger partial charge is 0.231 e. The molecule has 5 heteroatoms. The molecule has 1 fully saturated rings. The monoisotopic (exact) mass is 297 g/mol. The lowest BCUT2D eigenvalue weighted by molar-refractivity contribution is 0.0695. The van der Waals surface area contributed by atoms with Gasteiger partial charge in [0.25, 0.3) is 0 Å². The molecule has 0 amide bonds. The highest BCUT2D eigenvalue weighted by Gasteiger charge is 2.22. The molecule has 0 aromatic heterocycles. The Morgan fingerprint density at radius 1 is 1.25 bits per heavy atom. The van der Waals surface area contributed by atoms with E-state index in [1.807, 2.05) is 12.1 Å². The molecule has 1 aromatic carbocycles. The van der Waals surface area contributed by atoms with Crippen LogP contribution < -0.4 is 14.8 Å². The first-order valence-electron chi connectivity index (χ1n) is 7.21. The Labute approximate surface area is 124 Å². The van der Waals surface area contributed by atoms with Gasteiger partial charge in [0.1, 0.15) is 0 Å². The number of nitrogens with one attached hydrogen (secondary N) is 1. The van der Waals surface area contributed by atoms with Crippen molar-refractivity contribution in [3.8, 4) is 11.5 Å². The quantitative estimate of drug-likeness (QED) is 0.897. The molecule has 0 radical (unpaired) electrons. The molecule has 3 rings (SSSR count). The second kappa shape index (κ2) is 6.20. The van der Waals surface area contributed by atoms with Gasteiger partial charge in [-0.05, 0) is 36.5 Å². The normalized spacial score (nSPS) is 24.9. The molecule has 2 N–H and O–H groups in total. The van der Waals surface area contributed by atoms with Crippen molar-refractivity contribution in [2.45, 2.75) is 38.3 Å². The summed E-state index contributed by atoms with van der Waals surface area (Å²) >= 11 is 6.15. The number of hydrogen-bond acceptors (Lipinski definition) is 4. The Balaban J connectivity index is 1.55. The number of ether oxygens (including phenoxy) is 2. The average molecular weight is 298 g/mol. The van der Waals surface area contributed by atoms with Crippen molar-refractivity contribution in [2.24, 2.45) is 5.92 Å². The number of aliphatic hydroxyl groups is 1. The van der Waals surface area contributed by atoms with Gasteiger partial charge in [-0.2, -0.15) is 0 Å². The Morgan fingerprint density at radius 2 is 2.10 bits per heavy atom. The minimum absolute atomic E-state index is 0.156. The molecule has 1 aliphatic heterocycles. The summed E-state index contributed by atoms with van der Waals surface area (Å²) in [5.41, 5.74) is 1.07. The molecular formula is C15H20ClNO3. The summed E-state index contributed by atoms with van der Waals surface area (Å²) in [7, 11) is 0. The van der Waals surface area contributed by atoms with Crippen molar-refractivity contribution in [1.82, 2.24) is 5.32 Å². The largest absolute Gasteiger partial charge is 0.454 e. The van der Waals surface area contributed by atoms with E-state index in [9.17, 15) is 5.11 Å². The highest BCUT2D eigenvalue weighted by atomic mass is 35.5. The number of hydrogen-bond donors (Lipinski definition) is 2. The van der Waals surface area contributed by atoms with Crippen LogP contribution >= 0.6 is 11.6 Å². The fourth-order valence-corrected chi connectivity index (χ4v) is 3.24. The van der Waals surface area contributed by atoms with Gasteiger partial charge in [0.15, 0.2) is 11.5 Å². The SMILES string of the molecule is OC1CCCCC1CNCc1cc(Cl)c2c(c1)OCO2. The number of fused-ring (bicyclic) bond motifs is 1. The number of aliphatic hydroxyl groups excluding tert-OH is 1. The van der Waals surface area contributed by atoms with Crippen LogP contribution in [0.25, 0.3) is 0 Å². The molecule has 20 heavy (non-hydrogen) atoms. The van der Waals surface area contributed by atoms with Gasteiger partial charge in [0.05, 0.1) is 11.1 Å². The van der Waals surface area contributed by atoms with Crippen LogP contribution in [0.5, 0.6) is 11.5 Å². The molecule has 1 heterocycles. The number of halogens is 1. The van der Waals surface area contributed by atoms with Gasteiger partial charge >= 0.3 is 0 Å². The third-order valence-electron chi connectivity index (χ3n) is 4.09. The molecule has 2 unspecified atom stereocenters. The van der Waals surface area contributed by atoms with Gasteiger partial charge in [-0.3, -0.25) is 0 Å². The van der Waals surface area contributed by atoms with Gasteiger partial charge < -0.3 is 19.9 Å². The van der Waals surface area contributed by atoms with Gasteiger partial charge in [-0.1, -0.05) is 24.4 Å². The molecule has 2 aliphatic rings. The van der Waals surface area contributed by atoms with E-state index in [1.54, 1.807) is 0 Å². The van der Waals surface area contributed by atoms with Crippen molar-refractivity contribution in [3.05, 3.63) is 22.7 Å². The summed E-state index contributed by atoms with van der Waals surface area (Å²) in [6.45, 7) is 1.80. The number of benzene rings is 1. The van der Waals surface area contributed by atoms with E-state index in [1.165, 1.54) is 6.42 Å². The summed E-state index contributed by atoms with van der Waals surface area (Å²) < 4.78 is 10.6. The zero-order valence-corrected chi connectivity index (χ0v) is 12.2. The van der Waals surface area contributed by atoms with Crippen molar-refractivity contribution >= 4 is 11.6 Å². The zero-order valence-electron chi connectivity index (χ0n) is 11.4. The molecule has 0 spiro atoms. The molecule has 110 valence electrons. The summed E-state index contributed by atoms with van der Waals surface area (Å²) in [6, 6.07) is 3.86. The lowest BCUT2D eigenvalue weighted by Gasteiger charge is -2.27. The maximum Gasteiger partial charge on any atom is 0.231 e. The summed E-state index contributed by atoms with van der Waals surface area (Å²) in [6.07, 6.45) is 4.25. The highest BCUT2D eigenvalue weighted by molar-refractivity contribution is 6.32. The van der Waals surface area contributed by atoms with Crippen LogP contribution in [0.2, 0.25) is 5.02 Å². The molecule has 0 saturated heterocycles. The maximum atomic E-state index is 9.94. The average Bonchev–Trinajstić information content (AvgIpc) is 2.90. The minimum atomic E-state index is -0.156. The maximum absolute atomic E-state index is 9.94. The minimum Gasteiger partial charge on any atom is -0.454 e. The van der Waals surface area contributed by atoms with Crippen LogP contribution in [0.1, 0.15) is 31.2 Å². The predicted octanol–water partition coefficient (Wildman–Crippen LogP) is 2.71. The molecule has 1 aliphatic carbocycles. The van der Waals surface area contributed by atoms with Crippen molar-refractivity contribution in [1.29, 1.82) is 0 Å². The topological polar surface area (TPSA) is 50.7 Å². The van der Waals surface area contributed by atoms with Gasteiger partial charge in [0.2, 0.25) is 6.79 Å². The van der Waals surface area contributed by atoms with E-state index in [2.05, 4.69) is 5.32 Å². The van der Waals surface area contributed by atoms with E-state index in [0.717, 1.165) is 37.9 Å². The summed E-state index contributed by atoms with van der Waals surface area (Å²) in [5, 5.41) is 13.9. The van der Waals surface area contributed by atoms with Crippen LogP contribution in [-0.4, -0.2) is 24.5 Å². The lowest BCUT2D eigenvalue weighted by atomic mass is 9.86. The summed E-state index contributed by atoms with van der Waals surface area (Å²) in [4.78, 5) is 0. The van der Waals surface area contributed by atoms with Gasteiger partial charge in [0, 0.05) is 13.1 Å². The molecular weight excluding hydrogens is 278 g/mol. The summed E-state index contributed by atoms with van der Waals surface area (Å²) in [5.74, 6) is 1.72. The van der Waals surface area contributed by atoms with Crippen molar-refractivity contribution < 1.29 is 14.6 Å². The zero-order chi connectivity index (χ0) is 13.9. The Kier molecular flexibility index (Phi) is 4.34. The van der Waals surface area contributed by atoms with Crippen LogP contribution in [0.3, 0.4) is 0 Å². The first kappa shape index (κ1) is 14.0. The highest BCUT2D eigenvalue weighted by Crippen LogP contribution is 2.39. The predicted molar refractivity (Wildman–Crippen MR) is 77.2 cm³/mol. The van der Waals surface area contributed by atoms with E-state index < -0.39 is 0 Å². The van der Waals surface area contributed by atoms with Crippen LogP contribution in [0, 0.1) is 5.92 Å². The van der Waals surface area contributed by atoms with Gasteiger partial charge in [-0.15, -0.1) is 0 Å². The van der Waals surface area contributed by atoms with Crippen LogP contribution in [0.4, 0.5) is 0 Å². The number of rotatable bonds is 4. The second-order valence-corrected chi connectivity index (χ2v) is 5.96. The Morgan fingerprint density at radius 3 is 2.95 bits per heavy atom. The van der Waals surface area contributed by atoms with Gasteiger partial charge in [-0.25, -0.2) is 0 Å². The third kappa shape index (κ3) is 3.03. The van der Waals surface area contributed by atoms with Crippen LogP contribution in [-0.2, 0) is 6.54 Å². The molecule has 1 saturated carbocycles. The van der Waals surface area contributed by atoms with E-state index in [4.69, 9.17) is 21.1 Å². The molecule has 0 bridgehead atoms. The molecule has 1 aromatic rings. The Bertz CT molecular complexity index is 480. The fraction of sp³-hybridized carbons (Fsp3) is 0.600. The van der Waals surface area contributed by atoms with Crippen molar-refractivity contribution in [3.63, 3.8) is 0 Å². The van der Waals surface area contributed by atoms with Crippen LogP contribution in [0.15, 0.2) is 12.1 Å². The van der Waals surface area contributed by atoms with E-state index in [0.29, 0.717) is 22.4 Å². The fourth-order valence-electron chi connectivity index (χ4n) is 2.95. The molecule has 2 atom stereocenters. The van der Waals surface area contributed by atoms with E-state index >= 15 is 0 Å². The van der Waals surface area contributed by atoms with E-state index in [-0.39, 0.29) is 12.9 Å². The first-order chi connectivity index (χ1) is 9.74. The van der Waals surface area contributed by atoms with Crippen molar-refractivity contribution in [2.75, 3.05) is 13.3 Å². The second-order valence-electron chi connectivity index (χ2n) is 5.55. The third-order valence-corrected chi connectivity index (χ3v) is 4.37. The Hall–Kier alpha value is -0.970. The molecule has 4 nitrogen and oxygen atoms in total. The standard InChI is InChI=1S/C15H20ClNO3/c16-12-5-10(6-14-15(12)20-9-19-14)7-17-8-11-3-1-2-4-13(11)18/h5-6,11,13,17-18H,1-4,7-9H2. The first-order valence-corrected chi connectivity index (χ1v) is 7.58.